The van der Waals surface area contributed by atoms with Crippen LogP contribution in [0, 0.1) is 10.1 Å². The third kappa shape index (κ3) is 4.77. The molecule has 7 nitrogen and oxygen atoms in total. The average Bonchev–Trinajstić information content (AvgIpc) is 3.15. The van der Waals surface area contributed by atoms with Gasteiger partial charge in [-0.3, -0.25) is 20.2 Å². The van der Waals surface area contributed by atoms with Crippen LogP contribution < -0.4 is 10.1 Å². The highest BCUT2D eigenvalue weighted by Crippen LogP contribution is 2.26. The molecule has 1 N–H and O–H groups in total. The van der Waals surface area contributed by atoms with E-state index in [9.17, 15) is 14.9 Å². The minimum atomic E-state index is -0.469. The zero-order valence-electron chi connectivity index (χ0n) is 14.3. The van der Waals surface area contributed by atoms with E-state index in [0.717, 1.165) is 17.0 Å². The van der Waals surface area contributed by atoms with Crippen molar-refractivity contribution >= 4 is 34.1 Å². The van der Waals surface area contributed by atoms with Gasteiger partial charge in [0, 0.05) is 29.2 Å². The molecule has 1 amide bonds. The number of carbonyl (C=O) groups excluding carboxylic acids is 1. The molecular formula is C19H15N3O4S. The number of amides is 1. The smallest absolute Gasteiger partial charge is 0.269 e. The van der Waals surface area contributed by atoms with E-state index in [4.69, 9.17) is 4.74 Å². The molecular weight excluding hydrogens is 366 g/mol. The van der Waals surface area contributed by atoms with Gasteiger partial charge in [0.15, 0.2) is 5.13 Å². The summed E-state index contributed by atoms with van der Waals surface area (Å²) in [4.78, 5) is 26.6. The molecule has 27 heavy (non-hydrogen) atoms. The van der Waals surface area contributed by atoms with Gasteiger partial charge in [0.25, 0.3) is 5.69 Å². The number of non-ortho nitro benzene ring substituents is 1. The third-order valence-corrected chi connectivity index (χ3v) is 4.41. The van der Waals surface area contributed by atoms with Crippen LogP contribution in [0.5, 0.6) is 5.75 Å². The lowest BCUT2D eigenvalue weighted by atomic mass is 10.2. The number of thiazole rings is 1. The number of aromatic nitrogens is 1. The van der Waals surface area contributed by atoms with E-state index in [1.165, 1.54) is 29.5 Å². The quantitative estimate of drug-likeness (QED) is 0.388. The fraction of sp³-hybridized carbons (Fsp3) is 0.0526. The summed E-state index contributed by atoms with van der Waals surface area (Å²) in [5.74, 6) is 0.433. The van der Waals surface area contributed by atoms with Gasteiger partial charge in [-0.15, -0.1) is 11.3 Å². The number of nitrogens with zero attached hydrogens (tertiary/aromatic N) is 2. The lowest BCUT2D eigenvalue weighted by Crippen LogP contribution is -2.07. The Morgan fingerprint density at radius 3 is 2.52 bits per heavy atom. The first-order valence-electron chi connectivity index (χ1n) is 7.88. The number of rotatable bonds is 6. The lowest BCUT2D eigenvalue weighted by Gasteiger charge is -2.00. The van der Waals surface area contributed by atoms with Crippen LogP contribution in [0.2, 0.25) is 0 Å². The summed E-state index contributed by atoms with van der Waals surface area (Å²) in [5, 5.41) is 15.7. The molecule has 0 aliphatic carbocycles. The minimum Gasteiger partial charge on any atom is -0.497 e. The molecule has 1 heterocycles. The largest absolute Gasteiger partial charge is 0.497 e. The van der Waals surface area contributed by atoms with Crippen LogP contribution in [0.3, 0.4) is 0 Å². The van der Waals surface area contributed by atoms with Gasteiger partial charge in [0.05, 0.1) is 17.7 Å². The number of hydrogen-bond donors (Lipinski definition) is 1. The van der Waals surface area contributed by atoms with Crippen molar-refractivity contribution in [2.75, 3.05) is 12.4 Å². The Labute approximate surface area is 159 Å². The van der Waals surface area contributed by atoms with Crippen molar-refractivity contribution in [2.24, 2.45) is 0 Å². The molecule has 0 radical (unpaired) electrons. The SMILES string of the molecule is COc1ccc(-c2csc(NC(=O)/C=C/c3ccc([N+](=O)[O-])cc3)n2)cc1. The van der Waals surface area contributed by atoms with E-state index in [2.05, 4.69) is 10.3 Å². The van der Waals surface area contributed by atoms with Crippen molar-refractivity contribution in [1.82, 2.24) is 4.98 Å². The van der Waals surface area contributed by atoms with Gasteiger partial charge in [0.1, 0.15) is 5.75 Å². The van der Waals surface area contributed by atoms with Gasteiger partial charge in [-0.2, -0.15) is 0 Å². The van der Waals surface area contributed by atoms with Crippen molar-refractivity contribution in [3.05, 3.63) is 75.7 Å². The highest BCUT2D eigenvalue weighted by atomic mass is 32.1. The topological polar surface area (TPSA) is 94.4 Å². The molecule has 0 bridgehead atoms. The summed E-state index contributed by atoms with van der Waals surface area (Å²) in [6.07, 6.45) is 2.94. The summed E-state index contributed by atoms with van der Waals surface area (Å²) in [6, 6.07) is 13.4. The molecule has 8 heteroatoms. The van der Waals surface area contributed by atoms with Crippen molar-refractivity contribution < 1.29 is 14.5 Å². The van der Waals surface area contributed by atoms with Crippen LogP contribution in [-0.2, 0) is 4.79 Å². The standard InChI is InChI=1S/C19H15N3O4S/c1-26-16-9-5-14(6-10-16)17-12-27-19(20-17)21-18(23)11-4-13-2-7-15(8-3-13)22(24)25/h2-12H,1H3,(H,20,21,23)/b11-4+. The second-order valence-electron chi connectivity index (χ2n) is 5.44. The maximum atomic E-state index is 12.0. The van der Waals surface area contributed by atoms with Crippen molar-refractivity contribution in [2.45, 2.75) is 0 Å². The zero-order valence-corrected chi connectivity index (χ0v) is 15.1. The Morgan fingerprint density at radius 1 is 1.19 bits per heavy atom. The van der Waals surface area contributed by atoms with Crippen LogP contribution in [0.4, 0.5) is 10.8 Å². The number of benzene rings is 2. The van der Waals surface area contributed by atoms with Gasteiger partial charge in [-0.1, -0.05) is 0 Å². The van der Waals surface area contributed by atoms with Gasteiger partial charge < -0.3 is 4.74 Å². The minimum absolute atomic E-state index is 0.00504. The molecule has 3 rings (SSSR count). The molecule has 0 unspecified atom stereocenters. The second kappa shape index (κ2) is 8.24. The van der Waals surface area contributed by atoms with E-state index in [0.29, 0.717) is 10.7 Å². The highest BCUT2D eigenvalue weighted by Gasteiger charge is 2.07. The number of nitro benzene ring substituents is 1. The van der Waals surface area contributed by atoms with Crippen LogP contribution in [0.1, 0.15) is 5.56 Å². The van der Waals surface area contributed by atoms with Crippen molar-refractivity contribution in [1.29, 1.82) is 0 Å². The summed E-state index contributed by atoms with van der Waals surface area (Å²) in [5.41, 5.74) is 2.38. The van der Waals surface area contributed by atoms with Crippen molar-refractivity contribution in [3.63, 3.8) is 0 Å². The molecule has 136 valence electrons. The first-order chi connectivity index (χ1) is 13.0. The van der Waals surface area contributed by atoms with Gasteiger partial charge in [0.2, 0.25) is 5.91 Å². The molecule has 3 aromatic rings. The number of ether oxygens (including phenoxy) is 1. The number of nitro groups is 1. The van der Waals surface area contributed by atoms with Crippen LogP contribution in [-0.4, -0.2) is 22.9 Å². The molecule has 1 aromatic heterocycles. The Kier molecular flexibility index (Phi) is 5.58. The van der Waals surface area contributed by atoms with E-state index in [1.807, 2.05) is 29.6 Å². The number of hydrogen-bond acceptors (Lipinski definition) is 6. The molecule has 0 fully saturated rings. The first kappa shape index (κ1) is 18.3. The summed E-state index contributed by atoms with van der Waals surface area (Å²) < 4.78 is 5.13. The summed E-state index contributed by atoms with van der Waals surface area (Å²) >= 11 is 1.33. The predicted molar refractivity (Wildman–Crippen MR) is 105 cm³/mol. The van der Waals surface area contributed by atoms with Gasteiger partial charge in [-0.05, 0) is 48.0 Å². The summed E-state index contributed by atoms with van der Waals surface area (Å²) in [6.45, 7) is 0. The molecule has 0 atom stereocenters. The Bertz CT molecular complexity index is 979. The molecule has 0 saturated carbocycles. The van der Waals surface area contributed by atoms with Crippen molar-refractivity contribution in [3.8, 4) is 17.0 Å². The van der Waals surface area contributed by atoms with E-state index in [-0.39, 0.29) is 11.6 Å². The summed E-state index contributed by atoms with van der Waals surface area (Å²) in [7, 11) is 1.61. The number of methoxy groups -OCH3 is 1. The Hall–Kier alpha value is -3.52. The van der Waals surface area contributed by atoms with Crippen LogP contribution >= 0.6 is 11.3 Å². The molecule has 0 spiro atoms. The number of nitrogens with one attached hydrogen (secondary N) is 1. The second-order valence-corrected chi connectivity index (χ2v) is 6.30. The van der Waals surface area contributed by atoms with E-state index in [1.54, 1.807) is 25.3 Å². The molecule has 0 aliphatic heterocycles. The average molecular weight is 381 g/mol. The molecule has 2 aromatic carbocycles. The van der Waals surface area contributed by atoms with Crippen LogP contribution in [0.15, 0.2) is 60.0 Å². The lowest BCUT2D eigenvalue weighted by molar-refractivity contribution is -0.384. The Morgan fingerprint density at radius 2 is 1.89 bits per heavy atom. The predicted octanol–water partition coefficient (Wildman–Crippen LogP) is 4.38. The van der Waals surface area contributed by atoms with E-state index >= 15 is 0 Å². The highest BCUT2D eigenvalue weighted by molar-refractivity contribution is 7.14. The van der Waals surface area contributed by atoms with E-state index < -0.39 is 4.92 Å². The van der Waals surface area contributed by atoms with Gasteiger partial charge >= 0.3 is 0 Å². The fourth-order valence-corrected chi connectivity index (χ4v) is 2.97. The molecule has 0 aliphatic rings. The third-order valence-electron chi connectivity index (χ3n) is 3.65. The maximum absolute atomic E-state index is 12.0. The van der Waals surface area contributed by atoms with Crippen LogP contribution in [0.25, 0.3) is 17.3 Å². The number of anilines is 1. The Balaban J connectivity index is 1.62. The number of carbonyl (C=O) groups is 1. The molecule has 0 saturated heterocycles. The first-order valence-corrected chi connectivity index (χ1v) is 8.76. The monoisotopic (exact) mass is 381 g/mol. The fourth-order valence-electron chi connectivity index (χ4n) is 2.25. The zero-order chi connectivity index (χ0) is 19.2. The van der Waals surface area contributed by atoms with Gasteiger partial charge in [-0.25, -0.2) is 4.98 Å². The maximum Gasteiger partial charge on any atom is 0.269 e. The normalized spacial score (nSPS) is 10.7.